The minimum absolute atomic E-state index is 0.0635. The van der Waals surface area contributed by atoms with E-state index in [0.29, 0.717) is 24.4 Å². The number of benzene rings is 1. The molecule has 3 atom stereocenters. The SMILES string of the molecule is CO[C@H](C)c1cc(Br)cn2cc(C(=O)N3CC[C@H](N4CCc5ccccc5C4)[C@@H](O)C3)nc12. The summed E-state index contributed by atoms with van der Waals surface area (Å²) in [5.41, 5.74) is 4.74. The zero-order valence-corrected chi connectivity index (χ0v) is 20.5. The van der Waals surface area contributed by atoms with Gasteiger partial charge in [-0.3, -0.25) is 9.69 Å². The van der Waals surface area contributed by atoms with Crippen molar-refractivity contribution in [2.45, 2.75) is 44.6 Å². The standard InChI is InChI=1S/C25H29BrN4O3/c1-16(33-2)20-11-19(26)13-30-14-21(27-24(20)30)25(32)29-10-8-22(23(31)15-29)28-9-7-17-5-3-4-6-18(17)12-28/h3-6,11,13-14,16,22-23,31H,7-10,12,15H2,1-2H3/t16-,22+,23+/m1/s1. The molecule has 174 valence electrons. The molecule has 0 radical (unpaired) electrons. The Labute approximate surface area is 202 Å². The molecular formula is C25H29BrN4O3. The van der Waals surface area contributed by atoms with Gasteiger partial charge >= 0.3 is 0 Å². The summed E-state index contributed by atoms with van der Waals surface area (Å²) in [6.45, 7) is 4.68. The second-order valence-corrected chi connectivity index (χ2v) is 9.93. The van der Waals surface area contributed by atoms with E-state index in [0.717, 1.165) is 36.0 Å². The number of amides is 1. The van der Waals surface area contributed by atoms with Gasteiger partial charge < -0.3 is 19.1 Å². The number of aliphatic hydroxyl groups is 1. The van der Waals surface area contributed by atoms with Crippen LogP contribution in [0, 0.1) is 0 Å². The Bertz CT molecular complexity index is 1180. The smallest absolute Gasteiger partial charge is 0.274 e. The van der Waals surface area contributed by atoms with Crippen LogP contribution in [0.5, 0.6) is 0 Å². The van der Waals surface area contributed by atoms with Crippen LogP contribution < -0.4 is 0 Å². The highest BCUT2D eigenvalue weighted by molar-refractivity contribution is 9.10. The summed E-state index contributed by atoms with van der Waals surface area (Å²) in [5.74, 6) is -0.146. The van der Waals surface area contributed by atoms with Crippen LogP contribution in [0.1, 0.15) is 46.6 Å². The summed E-state index contributed by atoms with van der Waals surface area (Å²) < 4.78 is 8.23. The maximum atomic E-state index is 13.3. The number of β-amino-alcohol motifs (C(OH)–C–C–N with tert-alkyl or cyclic N) is 1. The molecular weight excluding hydrogens is 484 g/mol. The number of aromatic nitrogens is 2. The van der Waals surface area contributed by atoms with Crippen LogP contribution in [-0.2, 0) is 17.7 Å². The predicted octanol–water partition coefficient (Wildman–Crippen LogP) is 3.44. The van der Waals surface area contributed by atoms with Crippen molar-refractivity contribution in [3.05, 3.63) is 69.6 Å². The molecule has 4 heterocycles. The molecule has 2 aliphatic rings. The average molecular weight is 513 g/mol. The minimum Gasteiger partial charge on any atom is -0.390 e. The highest BCUT2D eigenvalue weighted by atomic mass is 79.9. The predicted molar refractivity (Wildman–Crippen MR) is 129 cm³/mol. The topological polar surface area (TPSA) is 70.3 Å². The van der Waals surface area contributed by atoms with Crippen LogP contribution in [0.25, 0.3) is 5.65 Å². The Morgan fingerprint density at radius 3 is 2.79 bits per heavy atom. The van der Waals surface area contributed by atoms with E-state index in [1.807, 2.05) is 23.6 Å². The first-order valence-electron chi connectivity index (χ1n) is 11.4. The number of aliphatic hydroxyl groups excluding tert-OH is 1. The fourth-order valence-electron chi connectivity index (χ4n) is 5.11. The Morgan fingerprint density at radius 2 is 2.03 bits per heavy atom. The lowest BCUT2D eigenvalue weighted by Crippen LogP contribution is -2.56. The van der Waals surface area contributed by atoms with Crippen LogP contribution >= 0.6 is 15.9 Å². The molecule has 0 spiro atoms. The van der Waals surface area contributed by atoms with Crippen molar-refractivity contribution in [2.75, 3.05) is 26.7 Å². The van der Waals surface area contributed by atoms with E-state index in [9.17, 15) is 9.90 Å². The molecule has 3 aromatic rings. The van der Waals surface area contributed by atoms with E-state index in [1.54, 1.807) is 18.2 Å². The first-order valence-corrected chi connectivity index (χ1v) is 12.2. The number of carbonyl (C=O) groups excluding carboxylic acids is 1. The van der Waals surface area contributed by atoms with Crippen molar-refractivity contribution in [1.82, 2.24) is 19.2 Å². The lowest BCUT2D eigenvalue weighted by atomic mass is 9.94. The summed E-state index contributed by atoms with van der Waals surface area (Å²) in [5, 5.41) is 11.0. The summed E-state index contributed by atoms with van der Waals surface area (Å²) in [7, 11) is 1.66. The van der Waals surface area contributed by atoms with Gasteiger partial charge in [0, 0.05) is 61.8 Å². The summed E-state index contributed by atoms with van der Waals surface area (Å²) >= 11 is 3.53. The molecule has 1 amide bonds. The van der Waals surface area contributed by atoms with Crippen molar-refractivity contribution < 1.29 is 14.6 Å². The fourth-order valence-corrected chi connectivity index (χ4v) is 5.58. The monoisotopic (exact) mass is 512 g/mol. The molecule has 0 bridgehead atoms. The molecule has 1 N–H and O–H groups in total. The van der Waals surface area contributed by atoms with Gasteiger partial charge in [0.1, 0.15) is 11.3 Å². The lowest BCUT2D eigenvalue weighted by Gasteiger charge is -2.43. The van der Waals surface area contributed by atoms with E-state index >= 15 is 0 Å². The molecule has 2 aromatic heterocycles. The van der Waals surface area contributed by atoms with Crippen LogP contribution in [0.2, 0.25) is 0 Å². The molecule has 7 nitrogen and oxygen atoms in total. The molecule has 33 heavy (non-hydrogen) atoms. The zero-order chi connectivity index (χ0) is 23.1. The van der Waals surface area contributed by atoms with Gasteiger partial charge in [-0.2, -0.15) is 0 Å². The maximum Gasteiger partial charge on any atom is 0.274 e. The van der Waals surface area contributed by atoms with Crippen LogP contribution in [0.15, 0.2) is 47.2 Å². The molecule has 1 aromatic carbocycles. The number of piperidine rings is 1. The highest BCUT2D eigenvalue weighted by Gasteiger charge is 2.36. The second kappa shape index (κ2) is 9.18. The summed E-state index contributed by atoms with van der Waals surface area (Å²) in [6, 6.07) is 10.6. The number of pyridine rings is 1. The maximum absolute atomic E-state index is 13.3. The molecule has 0 unspecified atom stereocenters. The number of fused-ring (bicyclic) bond motifs is 2. The Hall–Kier alpha value is -2.26. The first-order chi connectivity index (χ1) is 15.9. The van der Waals surface area contributed by atoms with Gasteiger partial charge in [0.25, 0.3) is 5.91 Å². The Balaban J connectivity index is 1.31. The quantitative estimate of drug-likeness (QED) is 0.579. The van der Waals surface area contributed by atoms with Gasteiger partial charge in [-0.1, -0.05) is 24.3 Å². The number of hydrogen-bond acceptors (Lipinski definition) is 5. The van der Waals surface area contributed by atoms with Gasteiger partial charge in [0.2, 0.25) is 0 Å². The number of hydrogen-bond donors (Lipinski definition) is 1. The Kier molecular flexibility index (Phi) is 6.26. The number of rotatable bonds is 4. The molecule has 0 aliphatic carbocycles. The molecule has 1 saturated heterocycles. The van der Waals surface area contributed by atoms with Crippen LogP contribution in [0.3, 0.4) is 0 Å². The van der Waals surface area contributed by atoms with E-state index < -0.39 is 6.10 Å². The minimum atomic E-state index is -0.580. The second-order valence-electron chi connectivity index (χ2n) is 9.01. The largest absolute Gasteiger partial charge is 0.390 e. The number of methoxy groups -OCH3 is 1. The lowest BCUT2D eigenvalue weighted by molar-refractivity contribution is -0.0139. The average Bonchev–Trinajstić information content (AvgIpc) is 3.26. The van der Waals surface area contributed by atoms with Crippen molar-refractivity contribution in [3.8, 4) is 0 Å². The summed E-state index contributed by atoms with van der Waals surface area (Å²) in [4.78, 5) is 22.0. The van der Waals surface area contributed by atoms with E-state index in [2.05, 4.69) is 50.1 Å². The van der Waals surface area contributed by atoms with Gasteiger partial charge in [0.05, 0.1) is 12.2 Å². The summed E-state index contributed by atoms with van der Waals surface area (Å²) in [6.07, 6.45) is 4.67. The third-order valence-corrected chi connectivity index (χ3v) is 7.45. The molecule has 8 heteroatoms. The van der Waals surface area contributed by atoms with E-state index in [-0.39, 0.29) is 18.1 Å². The van der Waals surface area contributed by atoms with Crippen molar-refractivity contribution >= 4 is 27.5 Å². The van der Waals surface area contributed by atoms with E-state index in [4.69, 9.17) is 4.74 Å². The van der Waals surface area contributed by atoms with E-state index in [1.165, 1.54) is 11.1 Å². The first kappa shape index (κ1) is 22.5. The molecule has 2 aliphatic heterocycles. The normalized spacial score (nSPS) is 22.4. The molecule has 0 saturated carbocycles. The fraction of sp³-hybridized carbons (Fsp3) is 0.440. The zero-order valence-electron chi connectivity index (χ0n) is 18.9. The van der Waals surface area contributed by atoms with Gasteiger partial charge in [-0.05, 0) is 52.9 Å². The molecule has 1 fully saturated rings. The van der Waals surface area contributed by atoms with Crippen molar-refractivity contribution in [3.63, 3.8) is 0 Å². The number of ether oxygens (including phenoxy) is 1. The van der Waals surface area contributed by atoms with Gasteiger partial charge in [0.15, 0.2) is 0 Å². The number of likely N-dealkylation sites (tertiary alicyclic amines) is 1. The van der Waals surface area contributed by atoms with Crippen LogP contribution in [-0.4, -0.2) is 69.1 Å². The third-order valence-electron chi connectivity index (χ3n) is 7.02. The Morgan fingerprint density at radius 1 is 1.24 bits per heavy atom. The number of halogens is 1. The number of nitrogens with zero attached hydrogens (tertiary/aromatic N) is 4. The van der Waals surface area contributed by atoms with Crippen LogP contribution in [0.4, 0.5) is 0 Å². The van der Waals surface area contributed by atoms with Crippen molar-refractivity contribution in [1.29, 1.82) is 0 Å². The third kappa shape index (κ3) is 4.33. The van der Waals surface area contributed by atoms with Gasteiger partial charge in [-0.25, -0.2) is 4.98 Å². The molecule has 5 rings (SSSR count). The van der Waals surface area contributed by atoms with Gasteiger partial charge in [-0.15, -0.1) is 0 Å². The highest BCUT2D eigenvalue weighted by Crippen LogP contribution is 2.28. The number of carbonyl (C=O) groups is 1. The van der Waals surface area contributed by atoms with Crippen molar-refractivity contribution in [2.24, 2.45) is 0 Å². The number of imidazole rings is 1.